The highest BCUT2D eigenvalue weighted by Crippen LogP contribution is 2.25. The minimum Gasteiger partial charge on any atom is -0.478 e. The van der Waals surface area contributed by atoms with E-state index in [0.29, 0.717) is 17.4 Å². The number of carboxylic acid groups (broad SMARTS) is 1. The number of fused-ring (bicyclic) bond motifs is 1. The van der Waals surface area contributed by atoms with Gasteiger partial charge in [0.1, 0.15) is 11.4 Å². The molecule has 0 bridgehead atoms. The summed E-state index contributed by atoms with van der Waals surface area (Å²) < 4.78 is 0. The molecule has 0 unspecified atom stereocenters. The lowest BCUT2D eigenvalue weighted by Gasteiger charge is -2.10. The molecule has 0 saturated heterocycles. The van der Waals surface area contributed by atoms with Crippen LogP contribution < -0.4 is 5.32 Å². The quantitative estimate of drug-likeness (QED) is 0.864. The van der Waals surface area contributed by atoms with Gasteiger partial charge >= 0.3 is 5.97 Å². The van der Waals surface area contributed by atoms with Crippen LogP contribution in [0.25, 0.3) is 0 Å². The van der Waals surface area contributed by atoms with E-state index in [2.05, 4.69) is 16.9 Å². The SMILES string of the molecule is C=C(Cl)CNc1nc2c(cc1C(=O)O)CCC2. The fourth-order valence-corrected chi connectivity index (χ4v) is 2.02. The number of hydrogen-bond acceptors (Lipinski definition) is 3. The van der Waals surface area contributed by atoms with Crippen LogP contribution >= 0.6 is 11.6 Å². The molecule has 0 amide bonds. The monoisotopic (exact) mass is 252 g/mol. The molecule has 0 aliphatic heterocycles. The van der Waals surface area contributed by atoms with Crippen LogP contribution in [-0.2, 0) is 12.8 Å². The summed E-state index contributed by atoms with van der Waals surface area (Å²) >= 11 is 5.64. The van der Waals surface area contributed by atoms with Gasteiger partial charge in [-0.3, -0.25) is 0 Å². The first-order valence-corrected chi connectivity index (χ1v) is 5.79. The van der Waals surface area contributed by atoms with Crippen LogP contribution in [0.4, 0.5) is 5.82 Å². The number of carboxylic acids is 1. The lowest BCUT2D eigenvalue weighted by Crippen LogP contribution is -2.11. The zero-order valence-electron chi connectivity index (χ0n) is 9.29. The number of halogens is 1. The summed E-state index contributed by atoms with van der Waals surface area (Å²) in [6.45, 7) is 3.86. The number of rotatable bonds is 4. The molecule has 0 fully saturated rings. The van der Waals surface area contributed by atoms with Crippen molar-refractivity contribution in [3.8, 4) is 0 Å². The van der Waals surface area contributed by atoms with Gasteiger partial charge in [0, 0.05) is 10.7 Å². The Hall–Kier alpha value is -1.55. The average molecular weight is 253 g/mol. The smallest absolute Gasteiger partial charge is 0.339 e. The third-order valence-corrected chi connectivity index (χ3v) is 2.86. The van der Waals surface area contributed by atoms with Gasteiger partial charge in [-0.25, -0.2) is 9.78 Å². The van der Waals surface area contributed by atoms with E-state index >= 15 is 0 Å². The minimum atomic E-state index is -0.977. The highest BCUT2D eigenvalue weighted by atomic mass is 35.5. The summed E-state index contributed by atoms with van der Waals surface area (Å²) in [6, 6.07) is 1.71. The summed E-state index contributed by atoms with van der Waals surface area (Å²) in [5.74, 6) is -0.602. The maximum Gasteiger partial charge on any atom is 0.339 e. The topological polar surface area (TPSA) is 62.2 Å². The Bertz CT molecular complexity index is 486. The zero-order valence-corrected chi connectivity index (χ0v) is 10.0. The molecule has 2 rings (SSSR count). The van der Waals surface area contributed by atoms with Gasteiger partial charge in [0.15, 0.2) is 0 Å². The molecular weight excluding hydrogens is 240 g/mol. The number of aromatic nitrogens is 1. The van der Waals surface area contributed by atoms with Gasteiger partial charge in [-0.05, 0) is 30.9 Å². The lowest BCUT2D eigenvalue weighted by atomic mass is 10.1. The van der Waals surface area contributed by atoms with Crippen LogP contribution in [0.1, 0.15) is 28.0 Å². The van der Waals surface area contributed by atoms with Gasteiger partial charge in [-0.2, -0.15) is 0 Å². The van der Waals surface area contributed by atoms with Crippen molar-refractivity contribution in [3.63, 3.8) is 0 Å². The van der Waals surface area contributed by atoms with Crippen molar-refractivity contribution in [2.45, 2.75) is 19.3 Å². The van der Waals surface area contributed by atoms with Gasteiger partial charge in [0.25, 0.3) is 0 Å². The number of pyridine rings is 1. The summed E-state index contributed by atoms with van der Waals surface area (Å²) in [5.41, 5.74) is 2.22. The Kier molecular flexibility index (Phi) is 3.33. The Morgan fingerprint density at radius 2 is 2.35 bits per heavy atom. The number of carbonyl (C=O) groups is 1. The fraction of sp³-hybridized carbons (Fsp3) is 0.333. The minimum absolute atomic E-state index is 0.198. The number of nitrogens with zero attached hydrogens (tertiary/aromatic N) is 1. The number of nitrogens with one attached hydrogen (secondary N) is 1. The molecular formula is C12H13ClN2O2. The van der Waals surface area contributed by atoms with Crippen molar-refractivity contribution in [2.75, 3.05) is 11.9 Å². The van der Waals surface area contributed by atoms with E-state index in [1.54, 1.807) is 6.07 Å². The Balaban J connectivity index is 2.34. The molecule has 2 N–H and O–H groups in total. The van der Waals surface area contributed by atoms with E-state index in [4.69, 9.17) is 16.7 Å². The van der Waals surface area contributed by atoms with E-state index in [0.717, 1.165) is 30.5 Å². The van der Waals surface area contributed by atoms with E-state index < -0.39 is 5.97 Å². The van der Waals surface area contributed by atoms with Gasteiger partial charge < -0.3 is 10.4 Å². The number of aryl methyl sites for hydroxylation is 2. The highest BCUT2D eigenvalue weighted by Gasteiger charge is 2.19. The van der Waals surface area contributed by atoms with Crippen LogP contribution in [0.2, 0.25) is 0 Å². The second-order valence-corrected chi connectivity index (χ2v) is 4.55. The Morgan fingerprint density at radius 1 is 1.59 bits per heavy atom. The molecule has 0 spiro atoms. The van der Waals surface area contributed by atoms with E-state index in [-0.39, 0.29) is 5.56 Å². The van der Waals surface area contributed by atoms with Crippen LogP contribution in [0, 0.1) is 0 Å². The second kappa shape index (κ2) is 4.75. The van der Waals surface area contributed by atoms with Gasteiger partial charge in [-0.1, -0.05) is 18.2 Å². The molecule has 5 heteroatoms. The van der Waals surface area contributed by atoms with Crippen LogP contribution in [-0.4, -0.2) is 22.6 Å². The summed E-state index contributed by atoms with van der Waals surface area (Å²) in [6.07, 6.45) is 2.85. The highest BCUT2D eigenvalue weighted by molar-refractivity contribution is 6.29. The predicted molar refractivity (Wildman–Crippen MR) is 66.7 cm³/mol. The van der Waals surface area contributed by atoms with Crippen LogP contribution in [0.15, 0.2) is 17.7 Å². The molecule has 1 aromatic rings. The normalized spacial score (nSPS) is 13.2. The fourth-order valence-electron chi connectivity index (χ4n) is 1.95. The van der Waals surface area contributed by atoms with E-state index in [1.165, 1.54) is 0 Å². The van der Waals surface area contributed by atoms with Crippen LogP contribution in [0.3, 0.4) is 0 Å². The molecule has 0 radical (unpaired) electrons. The largest absolute Gasteiger partial charge is 0.478 e. The first-order valence-electron chi connectivity index (χ1n) is 5.41. The van der Waals surface area contributed by atoms with Crippen molar-refractivity contribution in [1.82, 2.24) is 4.98 Å². The molecule has 1 aliphatic carbocycles. The van der Waals surface area contributed by atoms with Gasteiger partial charge in [-0.15, -0.1) is 0 Å². The standard InChI is InChI=1S/C12H13ClN2O2/c1-7(13)6-14-11-9(12(16)17)5-8-3-2-4-10(8)15-11/h5H,1-4,6H2,(H,14,15)(H,16,17). The van der Waals surface area contributed by atoms with Gasteiger partial charge in [0.05, 0.1) is 6.54 Å². The van der Waals surface area contributed by atoms with Crippen molar-refractivity contribution in [3.05, 3.63) is 34.5 Å². The zero-order chi connectivity index (χ0) is 12.4. The molecule has 90 valence electrons. The molecule has 1 aliphatic rings. The first kappa shape index (κ1) is 11.9. The van der Waals surface area contributed by atoms with E-state index in [9.17, 15) is 4.79 Å². The van der Waals surface area contributed by atoms with Crippen LogP contribution in [0.5, 0.6) is 0 Å². The molecule has 17 heavy (non-hydrogen) atoms. The average Bonchev–Trinajstić information content (AvgIpc) is 2.71. The Morgan fingerprint density at radius 3 is 3.00 bits per heavy atom. The number of aromatic carboxylic acids is 1. The van der Waals surface area contributed by atoms with Gasteiger partial charge in [0.2, 0.25) is 0 Å². The second-order valence-electron chi connectivity index (χ2n) is 4.02. The van der Waals surface area contributed by atoms with Crippen molar-refractivity contribution in [1.29, 1.82) is 0 Å². The third-order valence-electron chi connectivity index (χ3n) is 2.73. The summed E-state index contributed by atoms with van der Waals surface area (Å²) in [7, 11) is 0. The summed E-state index contributed by atoms with van der Waals surface area (Å²) in [5, 5.41) is 12.4. The van der Waals surface area contributed by atoms with E-state index in [1.807, 2.05) is 0 Å². The molecule has 4 nitrogen and oxygen atoms in total. The number of anilines is 1. The molecule has 0 atom stereocenters. The van der Waals surface area contributed by atoms with Crippen molar-refractivity contribution >= 4 is 23.4 Å². The lowest BCUT2D eigenvalue weighted by molar-refractivity contribution is 0.0697. The number of hydrogen-bond donors (Lipinski definition) is 2. The van der Waals surface area contributed by atoms with Crippen molar-refractivity contribution in [2.24, 2.45) is 0 Å². The predicted octanol–water partition coefficient (Wildman–Crippen LogP) is 2.43. The van der Waals surface area contributed by atoms with Crippen molar-refractivity contribution < 1.29 is 9.90 Å². The molecule has 1 aromatic heterocycles. The maximum absolute atomic E-state index is 11.1. The molecule has 0 aromatic carbocycles. The maximum atomic E-state index is 11.1. The molecule has 0 saturated carbocycles. The third kappa shape index (κ3) is 2.58. The molecule has 1 heterocycles. The Labute approximate surface area is 104 Å². The first-order chi connectivity index (χ1) is 8.08. The summed E-state index contributed by atoms with van der Waals surface area (Å²) in [4.78, 5) is 15.5.